The number of hydrogen-bond donors (Lipinski definition) is 1. The molecule has 3 heterocycles. The van der Waals surface area contributed by atoms with Gasteiger partial charge in [-0.2, -0.15) is 5.10 Å². The lowest BCUT2D eigenvalue weighted by Crippen LogP contribution is -2.16. The Balaban J connectivity index is 2.38. The summed E-state index contributed by atoms with van der Waals surface area (Å²) < 4.78 is 3.77. The van der Waals surface area contributed by atoms with E-state index < -0.39 is 0 Å². The molecule has 3 aromatic heterocycles. The van der Waals surface area contributed by atoms with Crippen molar-refractivity contribution in [3.8, 4) is 11.3 Å². The molecular formula is C14H18N6. The number of anilines is 1. The van der Waals surface area contributed by atoms with Crippen molar-refractivity contribution < 1.29 is 0 Å². The molecule has 0 saturated carbocycles. The second-order valence-electron chi connectivity index (χ2n) is 5.97. The summed E-state index contributed by atoms with van der Waals surface area (Å²) >= 11 is 0. The van der Waals surface area contributed by atoms with Crippen LogP contribution in [0.2, 0.25) is 0 Å². The number of fused-ring (bicyclic) bond motifs is 1. The maximum Gasteiger partial charge on any atom is 0.150 e. The molecule has 0 aliphatic rings. The van der Waals surface area contributed by atoms with Crippen molar-refractivity contribution >= 4 is 11.3 Å². The van der Waals surface area contributed by atoms with Crippen LogP contribution in [0.1, 0.15) is 26.6 Å². The average Bonchev–Trinajstić information content (AvgIpc) is 2.92. The van der Waals surface area contributed by atoms with E-state index in [1.165, 1.54) is 0 Å². The van der Waals surface area contributed by atoms with Crippen molar-refractivity contribution in [2.24, 2.45) is 7.05 Å². The van der Waals surface area contributed by atoms with Gasteiger partial charge in [-0.1, -0.05) is 20.8 Å². The van der Waals surface area contributed by atoms with E-state index in [0.717, 1.165) is 22.6 Å². The fourth-order valence-corrected chi connectivity index (χ4v) is 2.34. The van der Waals surface area contributed by atoms with Crippen LogP contribution in [0, 0.1) is 0 Å². The molecule has 6 nitrogen and oxygen atoms in total. The first-order chi connectivity index (χ1) is 9.38. The van der Waals surface area contributed by atoms with Crippen LogP contribution in [0.25, 0.3) is 16.8 Å². The third-order valence-electron chi connectivity index (χ3n) is 3.23. The summed E-state index contributed by atoms with van der Waals surface area (Å²) in [6.07, 6.45) is 7.33. The molecule has 6 heteroatoms. The molecule has 0 spiro atoms. The molecule has 104 valence electrons. The Labute approximate surface area is 117 Å². The standard InChI is InChI=1S/C14H18N6/c1-14(2,3)13-18-10(9-7-17-19(4)8-9)11-12(15)16-5-6-20(11)13/h5-8H,1-4H3,(H2,15,16). The summed E-state index contributed by atoms with van der Waals surface area (Å²) in [7, 11) is 1.88. The van der Waals surface area contributed by atoms with Crippen LogP contribution < -0.4 is 5.73 Å². The lowest BCUT2D eigenvalue weighted by atomic mass is 9.96. The minimum Gasteiger partial charge on any atom is -0.382 e. The lowest BCUT2D eigenvalue weighted by Gasteiger charge is -2.16. The molecule has 0 aromatic carbocycles. The van der Waals surface area contributed by atoms with E-state index in [1.807, 2.05) is 23.8 Å². The van der Waals surface area contributed by atoms with Crippen molar-refractivity contribution in [1.29, 1.82) is 0 Å². The first-order valence-electron chi connectivity index (χ1n) is 6.50. The van der Waals surface area contributed by atoms with E-state index in [2.05, 4.69) is 30.9 Å². The quantitative estimate of drug-likeness (QED) is 0.734. The summed E-state index contributed by atoms with van der Waals surface area (Å²) in [6.45, 7) is 6.39. The Hall–Kier alpha value is -2.37. The van der Waals surface area contributed by atoms with Gasteiger partial charge in [0.15, 0.2) is 0 Å². The van der Waals surface area contributed by atoms with Gasteiger partial charge in [-0.25, -0.2) is 9.97 Å². The molecular weight excluding hydrogens is 252 g/mol. The molecule has 0 aliphatic carbocycles. The highest BCUT2D eigenvalue weighted by Gasteiger charge is 2.24. The number of imidazole rings is 1. The highest BCUT2D eigenvalue weighted by Crippen LogP contribution is 2.32. The second kappa shape index (κ2) is 4.06. The van der Waals surface area contributed by atoms with Gasteiger partial charge in [0.1, 0.15) is 22.9 Å². The van der Waals surface area contributed by atoms with Crippen molar-refractivity contribution in [2.45, 2.75) is 26.2 Å². The number of nitrogen functional groups attached to an aromatic ring is 1. The van der Waals surface area contributed by atoms with Crippen LogP contribution in [0.4, 0.5) is 5.82 Å². The van der Waals surface area contributed by atoms with Gasteiger partial charge in [0, 0.05) is 36.6 Å². The Kier molecular flexibility index (Phi) is 2.57. The second-order valence-corrected chi connectivity index (χ2v) is 5.97. The summed E-state index contributed by atoms with van der Waals surface area (Å²) in [4.78, 5) is 8.98. The van der Waals surface area contributed by atoms with E-state index in [0.29, 0.717) is 5.82 Å². The van der Waals surface area contributed by atoms with Gasteiger partial charge in [0.25, 0.3) is 0 Å². The van der Waals surface area contributed by atoms with Crippen LogP contribution in [-0.2, 0) is 12.5 Å². The zero-order valence-corrected chi connectivity index (χ0v) is 12.1. The predicted molar refractivity (Wildman–Crippen MR) is 78.3 cm³/mol. The van der Waals surface area contributed by atoms with Crippen molar-refractivity contribution in [1.82, 2.24) is 24.1 Å². The van der Waals surface area contributed by atoms with Gasteiger partial charge in [0.2, 0.25) is 0 Å². The molecule has 0 saturated heterocycles. The number of rotatable bonds is 1. The summed E-state index contributed by atoms with van der Waals surface area (Å²) in [5, 5.41) is 4.21. The molecule has 3 rings (SSSR count). The van der Waals surface area contributed by atoms with Gasteiger partial charge in [-0.15, -0.1) is 0 Å². The highest BCUT2D eigenvalue weighted by molar-refractivity contribution is 5.85. The Bertz CT molecular complexity index is 775. The molecule has 0 aliphatic heterocycles. The van der Waals surface area contributed by atoms with E-state index in [1.54, 1.807) is 17.1 Å². The van der Waals surface area contributed by atoms with E-state index in [-0.39, 0.29) is 5.41 Å². The molecule has 3 aromatic rings. The molecule has 0 unspecified atom stereocenters. The van der Waals surface area contributed by atoms with Gasteiger partial charge in [0.05, 0.1) is 6.20 Å². The number of hydrogen-bond acceptors (Lipinski definition) is 4. The summed E-state index contributed by atoms with van der Waals surface area (Å²) in [5.41, 5.74) is 8.58. The SMILES string of the molecule is Cn1cc(-c2nc(C(C)(C)C)n3ccnc(N)c23)cn1. The monoisotopic (exact) mass is 270 g/mol. The van der Waals surface area contributed by atoms with Crippen molar-refractivity contribution in [3.63, 3.8) is 0 Å². The van der Waals surface area contributed by atoms with Crippen LogP contribution in [0.5, 0.6) is 0 Å². The summed E-state index contributed by atoms with van der Waals surface area (Å²) in [5.74, 6) is 1.44. The molecule has 0 atom stereocenters. The Morgan fingerprint density at radius 2 is 2.00 bits per heavy atom. The van der Waals surface area contributed by atoms with Crippen molar-refractivity contribution in [2.75, 3.05) is 5.73 Å². The lowest BCUT2D eigenvalue weighted by molar-refractivity contribution is 0.543. The van der Waals surface area contributed by atoms with Crippen LogP contribution >= 0.6 is 0 Å². The fraction of sp³-hybridized carbons (Fsp3) is 0.357. The summed E-state index contributed by atoms with van der Waals surface area (Å²) in [6, 6.07) is 0. The zero-order valence-electron chi connectivity index (χ0n) is 12.1. The molecule has 2 N–H and O–H groups in total. The normalized spacial score (nSPS) is 12.2. The highest BCUT2D eigenvalue weighted by atomic mass is 15.2. The number of nitrogens with zero attached hydrogens (tertiary/aromatic N) is 5. The fourth-order valence-electron chi connectivity index (χ4n) is 2.34. The third kappa shape index (κ3) is 1.84. The van der Waals surface area contributed by atoms with E-state index >= 15 is 0 Å². The van der Waals surface area contributed by atoms with Crippen molar-refractivity contribution in [3.05, 3.63) is 30.6 Å². The Morgan fingerprint density at radius 3 is 2.60 bits per heavy atom. The maximum atomic E-state index is 6.06. The van der Waals surface area contributed by atoms with Gasteiger partial charge >= 0.3 is 0 Å². The van der Waals surface area contributed by atoms with Crippen LogP contribution in [0.3, 0.4) is 0 Å². The molecule has 20 heavy (non-hydrogen) atoms. The number of aromatic nitrogens is 5. The minimum atomic E-state index is -0.0861. The molecule has 0 amide bonds. The number of aryl methyl sites for hydroxylation is 1. The van der Waals surface area contributed by atoms with E-state index in [4.69, 9.17) is 10.7 Å². The molecule has 0 radical (unpaired) electrons. The van der Waals surface area contributed by atoms with Crippen LogP contribution in [0.15, 0.2) is 24.8 Å². The molecule has 0 fully saturated rings. The average molecular weight is 270 g/mol. The molecule has 0 bridgehead atoms. The minimum absolute atomic E-state index is 0.0861. The first-order valence-corrected chi connectivity index (χ1v) is 6.50. The topological polar surface area (TPSA) is 74.0 Å². The maximum absolute atomic E-state index is 6.06. The van der Waals surface area contributed by atoms with Gasteiger partial charge < -0.3 is 5.73 Å². The van der Waals surface area contributed by atoms with Gasteiger partial charge in [-0.05, 0) is 0 Å². The number of nitrogens with two attached hydrogens (primary N) is 1. The Morgan fingerprint density at radius 1 is 1.25 bits per heavy atom. The first kappa shape index (κ1) is 12.7. The smallest absolute Gasteiger partial charge is 0.150 e. The van der Waals surface area contributed by atoms with Gasteiger partial charge in [-0.3, -0.25) is 9.08 Å². The zero-order chi connectivity index (χ0) is 14.5. The third-order valence-corrected chi connectivity index (χ3v) is 3.23. The largest absolute Gasteiger partial charge is 0.382 e. The van der Waals surface area contributed by atoms with Crippen LogP contribution in [-0.4, -0.2) is 24.1 Å². The predicted octanol–water partition coefficient (Wildman–Crippen LogP) is 2.01. The van der Waals surface area contributed by atoms with E-state index in [9.17, 15) is 0 Å².